The number of ether oxygens (including phenoxy) is 2. The molecule has 0 aliphatic rings. The van der Waals surface area contributed by atoms with E-state index < -0.39 is 0 Å². The second kappa shape index (κ2) is 9.85. The fourth-order valence-corrected chi connectivity index (χ4v) is 2.15. The van der Waals surface area contributed by atoms with Gasteiger partial charge in [0.15, 0.2) is 17.5 Å². The van der Waals surface area contributed by atoms with E-state index >= 15 is 0 Å². The lowest BCUT2D eigenvalue weighted by Gasteiger charge is -2.21. The lowest BCUT2D eigenvalue weighted by atomic mass is 10.0. The third-order valence-electron chi connectivity index (χ3n) is 3.11. The first-order valence-electron chi connectivity index (χ1n) is 7.54. The van der Waals surface area contributed by atoms with E-state index in [-0.39, 0.29) is 29.5 Å². The van der Waals surface area contributed by atoms with Crippen molar-refractivity contribution >= 4 is 29.9 Å². The van der Waals surface area contributed by atoms with Gasteiger partial charge in [-0.25, -0.2) is 0 Å². The highest BCUT2D eigenvalue weighted by Gasteiger charge is 2.11. The molecule has 0 saturated carbocycles. The second-order valence-corrected chi connectivity index (χ2v) is 6.60. The van der Waals surface area contributed by atoms with E-state index in [1.807, 2.05) is 12.1 Å². The van der Waals surface area contributed by atoms with E-state index in [1.54, 1.807) is 14.2 Å². The Morgan fingerprint density at radius 3 is 2.35 bits per heavy atom. The maximum absolute atomic E-state index is 5.89. The van der Waals surface area contributed by atoms with E-state index in [0.29, 0.717) is 18.4 Å². The van der Waals surface area contributed by atoms with Crippen molar-refractivity contribution < 1.29 is 9.47 Å². The molecular weight excluding hydrogens is 405 g/mol. The number of benzene rings is 1. The molecule has 5 nitrogen and oxygen atoms in total. The minimum atomic E-state index is -0.0693. The number of methoxy groups -OCH3 is 2. The Morgan fingerprint density at radius 1 is 1.22 bits per heavy atom. The molecule has 0 spiro atoms. The van der Waals surface area contributed by atoms with Crippen molar-refractivity contribution in [3.8, 4) is 11.5 Å². The Labute approximate surface area is 157 Å². The van der Waals surface area contributed by atoms with Crippen LogP contribution < -0.4 is 20.5 Å². The quantitative estimate of drug-likeness (QED) is 0.409. The first kappa shape index (κ1) is 21.8. The Bertz CT molecular complexity index is 513. The molecule has 0 bridgehead atoms. The van der Waals surface area contributed by atoms with Crippen molar-refractivity contribution in [2.24, 2.45) is 16.6 Å². The van der Waals surface area contributed by atoms with Crippen LogP contribution in [0.5, 0.6) is 11.5 Å². The zero-order chi connectivity index (χ0) is 16.8. The number of nitrogens with two attached hydrogens (primary N) is 1. The topological polar surface area (TPSA) is 68.9 Å². The molecule has 0 heterocycles. The molecule has 23 heavy (non-hydrogen) atoms. The van der Waals surface area contributed by atoms with Gasteiger partial charge in [0.2, 0.25) is 0 Å². The average Bonchev–Trinajstić information content (AvgIpc) is 2.43. The van der Waals surface area contributed by atoms with Gasteiger partial charge < -0.3 is 20.5 Å². The molecule has 1 aromatic rings. The summed E-state index contributed by atoms with van der Waals surface area (Å²) in [6.07, 6.45) is 0.909. The van der Waals surface area contributed by atoms with Gasteiger partial charge in [-0.05, 0) is 50.8 Å². The van der Waals surface area contributed by atoms with Gasteiger partial charge in [0.05, 0.1) is 14.2 Å². The van der Waals surface area contributed by atoms with Gasteiger partial charge >= 0.3 is 0 Å². The average molecular weight is 435 g/mol. The van der Waals surface area contributed by atoms with Gasteiger partial charge in [-0.2, -0.15) is 0 Å². The molecule has 0 radical (unpaired) electrons. The van der Waals surface area contributed by atoms with E-state index in [4.69, 9.17) is 15.2 Å². The lowest BCUT2D eigenvalue weighted by molar-refractivity contribution is 0.354. The van der Waals surface area contributed by atoms with Gasteiger partial charge in [0.1, 0.15) is 0 Å². The molecule has 1 rings (SSSR count). The molecule has 0 aliphatic carbocycles. The van der Waals surface area contributed by atoms with Crippen molar-refractivity contribution in [3.63, 3.8) is 0 Å². The summed E-state index contributed by atoms with van der Waals surface area (Å²) in [6, 6.07) is 5.99. The fraction of sp³-hybridized carbons (Fsp3) is 0.588. The van der Waals surface area contributed by atoms with E-state index in [1.165, 1.54) is 5.56 Å². The van der Waals surface area contributed by atoms with Crippen LogP contribution in [0.3, 0.4) is 0 Å². The Hall–Kier alpha value is -1.18. The Balaban J connectivity index is 0.00000484. The standard InChI is InChI=1S/C17H29N3O2.HI/c1-12(11-19-16(18)20-17(2,3)4)9-13-7-8-14(21-5)15(10-13)22-6;/h7-8,10,12H,9,11H2,1-6H3,(H3,18,19,20);1H. The Morgan fingerprint density at radius 2 is 1.83 bits per heavy atom. The number of nitrogens with one attached hydrogen (secondary N) is 1. The van der Waals surface area contributed by atoms with Gasteiger partial charge in [0.25, 0.3) is 0 Å². The Kier molecular flexibility index (Phi) is 9.34. The molecule has 0 aliphatic heterocycles. The smallest absolute Gasteiger partial charge is 0.188 e. The lowest BCUT2D eigenvalue weighted by Crippen LogP contribution is -2.45. The van der Waals surface area contributed by atoms with Crippen molar-refractivity contribution in [1.82, 2.24) is 5.32 Å². The zero-order valence-corrected chi connectivity index (χ0v) is 17.3. The van der Waals surface area contributed by atoms with Gasteiger partial charge in [0, 0.05) is 12.1 Å². The van der Waals surface area contributed by atoms with Crippen molar-refractivity contribution in [2.75, 3.05) is 20.8 Å². The minimum Gasteiger partial charge on any atom is -0.493 e. The molecule has 132 valence electrons. The molecule has 0 amide bonds. The van der Waals surface area contributed by atoms with Crippen molar-refractivity contribution in [2.45, 2.75) is 39.7 Å². The van der Waals surface area contributed by atoms with Crippen LogP contribution in [0.2, 0.25) is 0 Å². The maximum atomic E-state index is 5.89. The van der Waals surface area contributed by atoms with E-state index in [0.717, 1.165) is 17.9 Å². The highest BCUT2D eigenvalue weighted by molar-refractivity contribution is 14.0. The van der Waals surface area contributed by atoms with Crippen LogP contribution in [0.15, 0.2) is 23.2 Å². The van der Waals surface area contributed by atoms with Crippen LogP contribution in [0, 0.1) is 5.92 Å². The summed E-state index contributed by atoms with van der Waals surface area (Å²) in [5.74, 6) is 2.38. The third kappa shape index (κ3) is 8.29. The monoisotopic (exact) mass is 435 g/mol. The number of aliphatic imine (C=N–C) groups is 1. The number of rotatable bonds is 6. The highest BCUT2D eigenvalue weighted by atomic mass is 127. The van der Waals surface area contributed by atoms with E-state index in [2.05, 4.69) is 44.1 Å². The van der Waals surface area contributed by atoms with Gasteiger partial charge in [-0.3, -0.25) is 4.99 Å². The number of hydrogen-bond acceptors (Lipinski definition) is 3. The minimum absolute atomic E-state index is 0. The largest absolute Gasteiger partial charge is 0.493 e. The number of guanidine groups is 1. The first-order chi connectivity index (χ1) is 10.2. The molecule has 6 heteroatoms. The first-order valence-corrected chi connectivity index (χ1v) is 7.54. The predicted octanol–water partition coefficient (Wildman–Crippen LogP) is 3.20. The predicted molar refractivity (Wildman–Crippen MR) is 107 cm³/mol. The van der Waals surface area contributed by atoms with Crippen LogP contribution in [0.4, 0.5) is 0 Å². The summed E-state index contributed by atoms with van der Waals surface area (Å²) in [5, 5.41) is 3.16. The zero-order valence-electron chi connectivity index (χ0n) is 15.0. The molecule has 1 unspecified atom stereocenters. The molecule has 1 atom stereocenters. The van der Waals surface area contributed by atoms with Crippen LogP contribution in [0.25, 0.3) is 0 Å². The summed E-state index contributed by atoms with van der Waals surface area (Å²) < 4.78 is 10.6. The maximum Gasteiger partial charge on any atom is 0.188 e. The second-order valence-electron chi connectivity index (χ2n) is 6.60. The number of halogens is 1. The molecule has 3 N–H and O–H groups in total. The fourth-order valence-electron chi connectivity index (χ4n) is 2.15. The summed E-state index contributed by atoms with van der Waals surface area (Å²) >= 11 is 0. The van der Waals surface area contributed by atoms with Gasteiger partial charge in [-0.1, -0.05) is 13.0 Å². The normalized spacial score (nSPS) is 13.0. The van der Waals surface area contributed by atoms with Crippen LogP contribution >= 0.6 is 24.0 Å². The molecule has 1 aromatic carbocycles. The number of hydrogen-bond donors (Lipinski definition) is 2. The summed E-state index contributed by atoms with van der Waals surface area (Å²) in [5.41, 5.74) is 7.02. The third-order valence-corrected chi connectivity index (χ3v) is 3.11. The van der Waals surface area contributed by atoms with Crippen molar-refractivity contribution in [1.29, 1.82) is 0 Å². The summed E-state index contributed by atoms with van der Waals surface area (Å²) in [7, 11) is 3.29. The number of nitrogens with zero attached hydrogens (tertiary/aromatic N) is 1. The molecule has 0 saturated heterocycles. The molecular formula is C17H30IN3O2. The highest BCUT2D eigenvalue weighted by Crippen LogP contribution is 2.28. The summed E-state index contributed by atoms with van der Waals surface area (Å²) in [4.78, 5) is 4.41. The van der Waals surface area contributed by atoms with Crippen LogP contribution in [-0.4, -0.2) is 32.3 Å². The van der Waals surface area contributed by atoms with Crippen molar-refractivity contribution in [3.05, 3.63) is 23.8 Å². The molecule has 0 aromatic heterocycles. The summed E-state index contributed by atoms with van der Waals surface area (Å²) in [6.45, 7) is 9.02. The van der Waals surface area contributed by atoms with Crippen LogP contribution in [0.1, 0.15) is 33.3 Å². The van der Waals surface area contributed by atoms with E-state index in [9.17, 15) is 0 Å². The van der Waals surface area contributed by atoms with Crippen LogP contribution in [-0.2, 0) is 6.42 Å². The SMILES string of the molecule is COc1ccc(CC(C)CN=C(N)NC(C)(C)C)cc1OC.I. The molecule has 0 fully saturated rings. The van der Waals surface area contributed by atoms with Gasteiger partial charge in [-0.15, -0.1) is 24.0 Å².